The number of hydrogen-bond acceptors (Lipinski definition) is 3. The molecule has 1 fully saturated rings. The molecule has 1 aliphatic heterocycles. The zero-order valence-electron chi connectivity index (χ0n) is 10.9. The maximum absolute atomic E-state index is 13.5. The monoisotopic (exact) mass is 386 g/mol. The number of sulfonamides is 1. The lowest BCUT2D eigenvalue weighted by Gasteiger charge is -2.21. The highest BCUT2D eigenvalue weighted by Crippen LogP contribution is 2.30. The van der Waals surface area contributed by atoms with Gasteiger partial charge >= 0.3 is 0 Å². The quantitative estimate of drug-likeness (QED) is 0.866. The van der Waals surface area contributed by atoms with Crippen LogP contribution in [0.3, 0.4) is 0 Å². The largest absolute Gasteiger partial charge is 0.330 e. The topological polar surface area (TPSA) is 63.4 Å². The van der Waals surface area contributed by atoms with E-state index < -0.39 is 15.8 Å². The molecule has 1 aliphatic rings. The lowest BCUT2D eigenvalue weighted by Crippen LogP contribution is -2.34. The van der Waals surface area contributed by atoms with E-state index in [0.717, 1.165) is 12.5 Å². The molecule has 0 aromatic heterocycles. The molecule has 2 N–H and O–H groups in total. The predicted molar refractivity (Wildman–Crippen MR) is 81.9 cm³/mol. The molecule has 0 spiro atoms. The van der Waals surface area contributed by atoms with Crippen LogP contribution in [0.4, 0.5) is 4.39 Å². The Balaban J connectivity index is 0.00000200. The van der Waals surface area contributed by atoms with Gasteiger partial charge in [0.15, 0.2) is 0 Å². The second-order valence-electron chi connectivity index (χ2n) is 4.84. The molecule has 0 radical (unpaired) electrons. The maximum Gasteiger partial charge on any atom is 0.243 e. The summed E-state index contributed by atoms with van der Waals surface area (Å²) >= 11 is 3.01. The summed E-state index contributed by atoms with van der Waals surface area (Å²) in [6.07, 6.45) is 0.745. The van der Waals surface area contributed by atoms with Gasteiger partial charge in [-0.05, 0) is 59.9 Å². The summed E-state index contributed by atoms with van der Waals surface area (Å²) in [6, 6.07) is 3.75. The Bertz CT molecular complexity index is 585. The van der Waals surface area contributed by atoms with E-state index in [9.17, 15) is 12.8 Å². The van der Waals surface area contributed by atoms with Crippen LogP contribution >= 0.6 is 28.3 Å². The molecule has 2 unspecified atom stereocenters. The average molecular weight is 388 g/mol. The lowest BCUT2D eigenvalue weighted by atomic mass is 10.1. The van der Waals surface area contributed by atoms with Gasteiger partial charge in [0.2, 0.25) is 10.0 Å². The van der Waals surface area contributed by atoms with Crippen LogP contribution in [0.2, 0.25) is 0 Å². The van der Waals surface area contributed by atoms with Crippen molar-refractivity contribution in [3.8, 4) is 0 Å². The van der Waals surface area contributed by atoms with Gasteiger partial charge in [0.25, 0.3) is 0 Å². The zero-order chi connectivity index (χ0) is 14.2. The molecule has 0 aliphatic carbocycles. The van der Waals surface area contributed by atoms with Crippen molar-refractivity contribution >= 4 is 38.4 Å². The Labute approximate surface area is 133 Å². The van der Waals surface area contributed by atoms with Crippen molar-refractivity contribution in [1.82, 2.24) is 4.31 Å². The van der Waals surface area contributed by atoms with Crippen molar-refractivity contribution in [2.75, 3.05) is 13.1 Å². The van der Waals surface area contributed by atoms with Gasteiger partial charge in [0.05, 0.1) is 9.37 Å². The standard InChI is InChI=1S/C12H16BrFN2O2S.ClH/c1-8-4-9(6-15)7-16(8)19(17,18)10-2-3-11(13)12(14)5-10;/h2-3,5,8-9H,4,6-7,15H2,1H3;1H. The number of nitrogens with zero attached hydrogens (tertiary/aromatic N) is 1. The van der Waals surface area contributed by atoms with Crippen molar-refractivity contribution in [2.45, 2.75) is 24.3 Å². The zero-order valence-corrected chi connectivity index (χ0v) is 14.1. The van der Waals surface area contributed by atoms with Crippen LogP contribution in [-0.2, 0) is 10.0 Å². The molecule has 2 rings (SSSR count). The van der Waals surface area contributed by atoms with E-state index in [0.29, 0.717) is 13.1 Å². The molecule has 1 aromatic carbocycles. The molecule has 0 saturated carbocycles. The maximum atomic E-state index is 13.5. The summed E-state index contributed by atoms with van der Waals surface area (Å²) in [4.78, 5) is -0.0160. The molecule has 4 nitrogen and oxygen atoms in total. The van der Waals surface area contributed by atoms with Crippen LogP contribution in [0.1, 0.15) is 13.3 Å². The molecule has 1 saturated heterocycles. The molecule has 8 heteroatoms. The summed E-state index contributed by atoms with van der Waals surface area (Å²) in [5.74, 6) is -0.409. The Kier molecular flexibility index (Phi) is 5.98. The Morgan fingerprint density at radius 3 is 2.65 bits per heavy atom. The number of benzene rings is 1. The molecule has 2 atom stereocenters. The molecular formula is C12H17BrClFN2O2S. The second-order valence-corrected chi connectivity index (χ2v) is 7.58. The minimum atomic E-state index is -3.65. The van der Waals surface area contributed by atoms with Crippen LogP contribution in [0.5, 0.6) is 0 Å². The molecule has 1 aromatic rings. The molecular weight excluding hydrogens is 371 g/mol. The Hall–Kier alpha value is -0.210. The van der Waals surface area contributed by atoms with Gasteiger partial charge < -0.3 is 5.73 Å². The van der Waals surface area contributed by atoms with Crippen molar-refractivity contribution in [3.63, 3.8) is 0 Å². The summed E-state index contributed by atoms with van der Waals surface area (Å²) < 4.78 is 40.1. The number of hydrogen-bond donors (Lipinski definition) is 1. The number of halogens is 3. The summed E-state index contributed by atoms with van der Waals surface area (Å²) in [5.41, 5.74) is 5.60. The van der Waals surface area contributed by atoms with Crippen LogP contribution in [0, 0.1) is 11.7 Å². The number of rotatable bonds is 3. The van der Waals surface area contributed by atoms with Crippen molar-refractivity contribution < 1.29 is 12.8 Å². The number of nitrogens with two attached hydrogens (primary N) is 1. The van der Waals surface area contributed by atoms with Gasteiger partial charge in [-0.1, -0.05) is 0 Å². The third-order valence-corrected chi connectivity index (χ3v) is 6.05. The van der Waals surface area contributed by atoms with Crippen LogP contribution in [0.15, 0.2) is 27.6 Å². The minimum absolute atomic E-state index is 0. The van der Waals surface area contributed by atoms with Crippen LogP contribution in [-0.4, -0.2) is 31.9 Å². The highest BCUT2D eigenvalue weighted by molar-refractivity contribution is 9.10. The average Bonchev–Trinajstić information content (AvgIpc) is 2.74. The first-order chi connectivity index (χ1) is 8.86. The van der Waals surface area contributed by atoms with E-state index in [4.69, 9.17) is 5.73 Å². The molecule has 0 amide bonds. The molecule has 20 heavy (non-hydrogen) atoms. The molecule has 114 valence electrons. The predicted octanol–water partition coefficient (Wildman–Crippen LogP) is 2.37. The summed E-state index contributed by atoms with van der Waals surface area (Å²) in [6.45, 7) is 2.71. The van der Waals surface area contributed by atoms with E-state index in [-0.39, 0.29) is 33.7 Å². The molecule has 0 bridgehead atoms. The first kappa shape index (κ1) is 17.8. The summed E-state index contributed by atoms with van der Waals surface area (Å²) in [7, 11) is -3.65. The highest BCUT2D eigenvalue weighted by Gasteiger charge is 2.37. The third-order valence-electron chi connectivity index (χ3n) is 3.44. The highest BCUT2D eigenvalue weighted by atomic mass is 79.9. The van der Waals surface area contributed by atoms with Crippen LogP contribution < -0.4 is 5.73 Å². The molecule has 1 heterocycles. The smallest absolute Gasteiger partial charge is 0.243 e. The van der Waals surface area contributed by atoms with Gasteiger partial charge in [-0.15, -0.1) is 12.4 Å². The SMILES string of the molecule is CC1CC(CN)CN1S(=O)(=O)c1ccc(Br)c(F)c1.Cl. The summed E-state index contributed by atoms with van der Waals surface area (Å²) in [5, 5.41) is 0. The van der Waals surface area contributed by atoms with Crippen molar-refractivity contribution in [3.05, 3.63) is 28.5 Å². The fraction of sp³-hybridized carbons (Fsp3) is 0.500. The fourth-order valence-corrected chi connectivity index (χ4v) is 4.36. The second kappa shape index (κ2) is 6.70. The van der Waals surface area contributed by atoms with Gasteiger partial charge in [-0.2, -0.15) is 4.31 Å². The Morgan fingerprint density at radius 1 is 1.50 bits per heavy atom. The van der Waals surface area contributed by atoms with Gasteiger partial charge in [0.1, 0.15) is 5.82 Å². The van der Waals surface area contributed by atoms with Crippen molar-refractivity contribution in [2.24, 2.45) is 11.7 Å². The third kappa shape index (κ3) is 3.33. The van der Waals surface area contributed by atoms with Crippen LogP contribution in [0.25, 0.3) is 0 Å². The van der Waals surface area contributed by atoms with Gasteiger partial charge in [0, 0.05) is 12.6 Å². The van der Waals surface area contributed by atoms with E-state index in [1.54, 1.807) is 0 Å². The fourth-order valence-electron chi connectivity index (χ4n) is 2.39. The van der Waals surface area contributed by atoms with E-state index in [2.05, 4.69) is 15.9 Å². The van der Waals surface area contributed by atoms with E-state index >= 15 is 0 Å². The van der Waals surface area contributed by atoms with Crippen molar-refractivity contribution in [1.29, 1.82) is 0 Å². The lowest BCUT2D eigenvalue weighted by molar-refractivity contribution is 0.404. The van der Waals surface area contributed by atoms with Gasteiger partial charge in [-0.25, -0.2) is 12.8 Å². The van der Waals surface area contributed by atoms with E-state index in [1.165, 1.54) is 16.4 Å². The minimum Gasteiger partial charge on any atom is -0.330 e. The normalized spacial score (nSPS) is 23.6. The first-order valence-corrected chi connectivity index (χ1v) is 8.26. The first-order valence-electron chi connectivity index (χ1n) is 6.03. The Morgan fingerprint density at radius 2 is 2.15 bits per heavy atom. The van der Waals surface area contributed by atoms with E-state index in [1.807, 2.05) is 6.92 Å². The van der Waals surface area contributed by atoms with Gasteiger partial charge in [-0.3, -0.25) is 0 Å².